The van der Waals surface area contributed by atoms with Gasteiger partial charge in [-0.05, 0) is 44.7 Å². The Bertz CT molecular complexity index is 543. The van der Waals surface area contributed by atoms with Gasteiger partial charge in [-0.2, -0.15) is 0 Å². The summed E-state index contributed by atoms with van der Waals surface area (Å²) in [6.07, 6.45) is 12.1. The number of carbonyl (C=O) groups is 1. The molecule has 0 heterocycles. The third kappa shape index (κ3) is 12.2. The van der Waals surface area contributed by atoms with Crippen molar-refractivity contribution in [3.63, 3.8) is 0 Å². The Morgan fingerprint density at radius 1 is 1.08 bits per heavy atom. The molecule has 1 nitrogen and oxygen atoms in total. The molecule has 1 aromatic carbocycles. The Morgan fingerprint density at radius 2 is 1.64 bits per heavy atom. The molecular formula is C24H36O. The van der Waals surface area contributed by atoms with Crippen LogP contribution in [0.4, 0.5) is 0 Å². The summed E-state index contributed by atoms with van der Waals surface area (Å²) >= 11 is 0. The Hall–Kier alpha value is -1.89. The standard InChI is InChI=1S/C14H22.C10H14O/c1-3-8-13(9-4-2)12-14-10-6-5-7-11-14;1-5-6-10(9(4)11)7-8(2)3/h5-7,10-11,13H,3-4,8-9,12H2,1-2H3;5-7H,2H2,1,3-4H3/b;6-5-,10-7+. The molecule has 0 fully saturated rings. The number of Topliss-reactive ketones (excluding diaryl/α,β-unsaturated/α-hetero) is 1. The Balaban J connectivity index is 0.000000477. The van der Waals surface area contributed by atoms with Gasteiger partial charge in [0.05, 0.1) is 0 Å². The minimum absolute atomic E-state index is 0.0751. The van der Waals surface area contributed by atoms with Gasteiger partial charge in [-0.25, -0.2) is 0 Å². The molecule has 0 radical (unpaired) electrons. The molecule has 0 aliphatic carbocycles. The summed E-state index contributed by atoms with van der Waals surface area (Å²) < 4.78 is 0. The monoisotopic (exact) mass is 340 g/mol. The molecule has 138 valence electrons. The van der Waals surface area contributed by atoms with Gasteiger partial charge in [-0.15, -0.1) is 0 Å². The van der Waals surface area contributed by atoms with Crippen molar-refractivity contribution in [3.05, 3.63) is 71.8 Å². The van der Waals surface area contributed by atoms with Crippen molar-refractivity contribution in [2.24, 2.45) is 5.92 Å². The molecule has 0 atom stereocenters. The van der Waals surface area contributed by atoms with Gasteiger partial charge in [-0.3, -0.25) is 4.79 Å². The van der Waals surface area contributed by atoms with E-state index in [1.165, 1.54) is 37.7 Å². The minimum atomic E-state index is 0.0751. The van der Waals surface area contributed by atoms with Gasteiger partial charge in [0, 0.05) is 5.57 Å². The van der Waals surface area contributed by atoms with Gasteiger partial charge >= 0.3 is 0 Å². The third-order valence-electron chi connectivity index (χ3n) is 3.92. The number of carbonyl (C=O) groups excluding carboxylic acids is 1. The molecule has 0 N–H and O–H groups in total. The fourth-order valence-corrected chi connectivity index (χ4v) is 2.82. The molecule has 1 rings (SSSR count). The van der Waals surface area contributed by atoms with Crippen LogP contribution in [0.1, 0.15) is 65.9 Å². The molecule has 0 aliphatic heterocycles. The molecule has 0 saturated carbocycles. The highest BCUT2D eigenvalue weighted by Gasteiger charge is 2.06. The molecule has 1 aromatic rings. The van der Waals surface area contributed by atoms with Gasteiger partial charge in [0.1, 0.15) is 0 Å². The predicted molar refractivity (Wildman–Crippen MR) is 112 cm³/mol. The van der Waals surface area contributed by atoms with E-state index in [2.05, 4.69) is 50.8 Å². The van der Waals surface area contributed by atoms with Crippen LogP contribution in [0, 0.1) is 5.92 Å². The summed E-state index contributed by atoms with van der Waals surface area (Å²) in [6.45, 7) is 13.6. The molecule has 0 spiro atoms. The summed E-state index contributed by atoms with van der Waals surface area (Å²) in [4.78, 5) is 10.9. The van der Waals surface area contributed by atoms with Crippen LogP contribution >= 0.6 is 0 Å². The molecule has 0 unspecified atom stereocenters. The van der Waals surface area contributed by atoms with E-state index in [9.17, 15) is 4.79 Å². The van der Waals surface area contributed by atoms with E-state index in [0.717, 1.165) is 11.5 Å². The van der Waals surface area contributed by atoms with Crippen LogP contribution in [0.5, 0.6) is 0 Å². The fraction of sp³-hybridized carbons (Fsp3) is 0.458. The number of allylic oxidation sites excluding steroid dienone is 5. The molecule has 0 bridgehead atoms. The van der Waals surface area contributed by atoms with Crippen molar-refractivity contribution >= 4 is 5.78 Å². The van der Waals surface area contributed by atoms with Crippen LogP contribution in [-0.4, -0.2) is 5.78 Å². The second-order valence-corrected chi connectivity index (χ2v) is 6.64. The van der Waals surface area contributed by atoms with E-state index in [0.29, 0.717) is 5.57 Å². The van der Waals surface area contributed by atoms with Gasteiger partial charge in [0.2, 0.25) is 0 Å². The number of rotatable bonds is 9. The molecular weight excluding hydrogens is 304 g/mol. The summed E-state index contributed by atoms with van der Waals surface area (Å²) in [6, 6.07) is 10.9. The highest BCUT2D eigenvalue weighted by Crippen LogP contribution is 2.18. The maximum Gasteiger partial charge on any atom is 0.159 e. The van der Waals surface area contributed by atoms with Gasteiger partial charge in [0.25, 0.3) is 0 Å². The van der Waals surface area contributed by atoms with Crippen LogP contribution < -0.4 is 0 Å². The maximum atomic E-state index is 10.9. The first-order chi connectivity index (χ1) is 11.9. The zero-order chi connectivity index (χ0) is 19.1. The zero-order valence-electron chi connectivity index (χ0n) is 16.8. The highest BCUT2D eigenvalue weighted by atomic mass is 16.1. The second-order valence-electron chi connectivity index (χ2n) is 6.64. The second kappa shape index (κ2) is 14.5. The summed E-state index contributed by atoms with van der Waals surface area (Å²) in [5, 5.41) is 0. The van der Waals surface area contributed by atoms with E-state index in [1.54, 1.807) is 19.1 Å². The Kier molecular flexibility index (Phi) is 13.4. The van der Waals surface area contributed by atoms with Crippen LogP contribution in [0.2, 0.25) is 0 Å². The number of hydrogen-bond donors (Lipinski definition) is 0. The Morgan fingerprint density at radius 3 is 2.04 bits per heavy atom. The van der Waals surface area contributed by atoms with Crippen molar-refractivity contribution in [1.82, 2.24) is 0 Å². The maximum absolute atomic E-state index is 10.9. The average molecular weight is 341 g/mol. The van der Waals surface area contributed by atoms with E-state index < -0.39 is 0 Å². The smallest absolute Gasteiger partial charge is 0.159 e. The lowest BCUT2D eigenvalue weighted by Crippen LogP contribution is -2.03. The SMILES string of the molecule is C=C(C)/C=C(\C=C/C)C(C)=O.CCCC(CCC)Cc1ccccc1. The first kappa shape index (κ1) is 23.1. The minimum Gasteiger partial charge on any atom is -0.295 e. The largest absolute Gasteiger partial charge is 0.295 e. The van der Waals surface area contributed by atoms with Crippen LogP contribution in [0.25, 0.3) is 0 Å². The van der Waals surface area contributed by atoms with Crippen LogP contribution in [0.15, 0.2) is 66.3 Å². The zero-order valence-corrected chi connectivity index (χ0v) is 16.8. The van der Waals surface area contributed by atoms with E-state index in [-0.39, 0.29) is 5.78 Å². The van der Waals surface area contributed by atoms with Crippen molar-refractivity contribution in [1.29, 1.82) is 0 Å². The molecule has 25 heavy (non-hydrogen) atoms. The number of benzene rings is 1. The lowest BCUT2D eigenvalue weighted by molar-refractivity contribution is -0.113. The highest BCUT2D eigenvalue weighted by molar-refractivity contribution is 5.96. The quantitative estimate of drug-likeness (QED) is 0.346. The molecule has 0 saturated heterocycles. The predicted octanol–water partition coefficient (Wildman–Crippen LogP) is 7.10. The fourth-order valence-electron chi connectivity index (χ4n) is 2.82. The van der Waals surface area contributed by atoms with Crippen molar-refractivity contribution in [3.8, 4) is 0 Å². The van der Waals surface area contributed by atoms with Crippen LogP contribution in [-0.2, 0) is 11.2 Å². The van der Waals surface area contributed by atoms with E-state index >= 15 is 0 Å². The normalized spacial score (nSPS) is 11.4. The third-order valence-corrected chi connectivity index (χ3v) is 3.92. The number of hydrogen-bond acceptors (Lipinski definition) is 1. The van der Waals surface area contributed by atoms with Crippen LogP contribution in [0.3, 0.4) is 0 Å². The lowest BCUT2D eigenvalue weighted by Gasteiger charge is -2.14. The first-order valence-electron chi connectivity index (χ1n) is 9.49. The molecule has 0 aliphatic rings. The van der Waals surface area contributed by atoms with Crippen molar-refractivity contribution < 1.29 is 4.79 Å². The van der Waals surface area contributed by atoms with Gasteiger partial charge in [0.15, 0.2) is 5.78 Å². The van der Waals surface area contributed by atoms with Crippen molar-refractivity contribution in [2.45, 2.75) is 66.7 Å². The first-order valence-corrected chi connectivity index (χ1v) is 9.49. The van der Waals surface area contributed by atoms with E-state index in [1.807, 2.05) is 19.9 Å². The van der Waals surface area contributed by atoms with Gasteiger partial charge < -0.3 is 0 Å². The Labute approximate surface area is 155 Å². The van der Waals surface area contributed by atoms with E-state index in [4.69, 9.17) is 0 Å². The molecule has 0 aromatic heterocycles. The topological polar surface area (TPSA) is 17.1 Å². The average Bonchev–Trinajstić information content (AvgIpc) is 2.56. The van der Waals surface area contributed by atoms with Crippen molar-refractivity contribution in [2.75, 3.05) is 0 Å². The summed E-state index contributed by atoms with van der Waals surface area (Å²) in [7, 11) is 0. The molecule has 0 amide bonds. The molecule has 1 heteroatoms. The summed E-state index contributed by atoms with van der Waals surface area (Å²) in [5.41, 5.74) is 3.10. The number of ketones is 1. The van der Waals surface area contributed by atoms with Gasteiger partial charge in [-0.1, -0.05) is 94.2 Å². The summed E-state index contributed by atoms with van der Waals surface area (Å²) in [5.74, 6) is 0.971. The lowest BCUT2D eigenvalue weighted by atomic mass is 9.91.